The molecule has 2 rings (SSSR count). The van der Waals surface area contributed by atoms with Crippen LogP contribution in [-0.4, -0.2) is 0 Å². The van der Waals surface area contributed by atoms with E-state index >= 15 is 0 Å². The van der Waals surface area contributed by atoms with Gasteiger partial charge >= 0.3 is 0 Å². The molecule has 0 amide bonds. The van der Waals surface area contributed by atoms with E-state index in [0.717, 1.165) is 11.1 Å². The molecule has 0 saturated heterocycles. The molecule has 0 aliphatic rings. The van der Waals surface area contributed by atoms with Gasteiger partial charge in [0.05, 0.1) is 0 Å². The lowest BCUT2D eigenvalue weighted by molar-refractivity contribution is 1.44. The maximum Gasteiger partial charge on any atom is 0.0274 e. The molecule has 0 fully saturated rings. The predicted molar refractivity (Wildman–Crippen MR) is 98.8 cm³/mol. The van der Waals surface area contributed by atoms with Crippen LogP contribution >= 0.6 is 0 Å². The highest BCUT2D eigenvalue weighted by molar-refractivity contribution is 5.40. The zero-order valence-corrected chi connectivity index (χ0v) is 14.6. The van der Waals surface area contributed by atoms with Crippen LogP contribution in [0.5, 0.6) is 0 Å². The summed E-state index contributed by atoms with van der Waals surface area (Å²) in [7, 11) is 0. The van der Waals surface area contributed by atoms with Crippen LogP contribution in [-0.2, 0) is 0 Å². The summed E-state index contributed by atoms with van der Waals surface area (Å²) in [5.41, 5.74) is 4.74. The van der Waals surface area contributed by atoms with Gasteiger partial charge in [-0.15, -0.1) is 11.8 Å². The van der Waals surface area contributed by atoms with Gasteiger partial charge in [0.2, 0.25) is 0 Å². The summed E-state index contributed by atoms with van der Waals surface area (Å²) < 4.78 is 0. The fourth-order valence-corrected chi connectivity index (χ4v) is 1.71. The maximum atomic E-state index is 3.03. The third-order valence-electron chi connectivity index (χ3n) is 2.69. The molecule has 0 spiro atoms. The monoisotopic (exact) mass is 290 g/mol. The van der Waals surface area contributed by atoms with Gasteiger partial charge in [-0.3, -0.25) is 0 Å². The van der Waals surface area contributed by atoms with Crippen molar-refractivity contribution in [2.75, 3.05) is 0 Å². The quantitative estimate of drug-likeness (QED) is 0.541. The van der Waals surface area contributed by atoms with E-state index in [0.29, 0.717) is 0 Å². The van der Waals surface area contributed by atoms with Gasteiger partial charge in [0.1, 0.15) is 0 Å². The lowest BCUT2D eigenvalue weighted by Gasteiger charge is -1.93. The van der Waals surface area contributed by atoms with Crippen LogP contribution in [0.3, 0.4) is 0 Å². The van der Waals surface area contributed by atoms with Crippen LogP contribution < -0.4 is 0 Å². The molecule has 0 atom stereocenters. The lowest BCUT2D eigenvalue weighted by atomic mass is 10.1. The van der Waals surface area contributed by atoms with Crippen molar-refractivity contribution >= 4 is 0 Å². The number of benzene rings is 2. The molecule has 0 radical (unpaired) electrons. The van der Waals surface area contributed by atoms with Crippen molar-refractivity contribution in [3.63, 3.8) is 0 Å². The van der Waals surface area contributed by atoms with Gasteiger partial charge < -0.3 is 0 Å². The Labute approximate surface area is 136 Å². The fourth-order valence-electron chi connectivity index (χ4n) is 1.71. The van der Waals surface area contributed by atoms with E-state index in [2.05, 4.69) is 55.7 Å². The normalized spacial score (nSPS) is 7.73. The number of aryl methyl sites for hydroxylation is 2. The molecule has 0 saturated carbocycles. The van der Waals surface area contributed by atoms with Crippen molar-refractivity contribution in [1.82, 2.24) is 0 Å². The van der Waals surface area contributed by atoms with Crippen molar-refractivity contribution in [3.05, 3.63) is 70.8 Å². The molecular weight excluding hydrogens is 264 g/mol. The van der Waals surface area contributed by atoms with Gasteiger partial charge in [-0.2, -0.15) is 0 Å². The highest BCUT2D eigenvalue weighted by atomic mass is 13.9. The van der Waals surface area contributed by atoms with E-state index in [9.17, 15) is 0 Å². The molecule has 22 heavy (non-hydrogen) atoms. The van der Waals surface area contributed by atoms with Crippen LogP contribution in [0.1, 0.15) is 49.9 Å². The van der Waals surface area contributed by atoms with Crippen molar-refractivity contribution in [3.8, 4) is 23.7 Å². The number of hydrogen-bond donors (Lipinski definition) is 0. The first-order valence-electron chi connectivity index (χ1n) is 7.65. The Kier molecular flexibility index (Phi) is 10.9. The van der Waals surface area contributed by atoms with Crippen LogP contribution in [0.15, 0.2) is 48.5 Å². The molecule has 0 N–H and O–H groups in total. The Morgan fingerprint density at radius 1 is 0.727 bits per heavy atom. The summed E-state index contributed by atoms with van der Waals surface area (Å²) >= 11 is 0. The Hall–Kier alpha value is -2.44. The zero-order valence-electron chi connectivity index (χ0n) is 14.6. The van der Waals surface area contributed by atoms with E-state index in [4.69, 9.17) is 0 Å². The summed E-state index contributed by atoms with van der Waals surface area (Å²) in [6, 6.07) is 16.3. The van der Waals surface area contributed by atoms with Crippen molar-refractivity contribution in [2.24, 2.45) is 0 Å². The summed E-state index contributed by atoms with van der Waals surface area (Å²) in [4.78, 5) is 0. The summed E-state index contributed by atoms with van der Waals surface area (Å²) in [5, 5.41) is 0. The Morgan fingerprint density at radius 2 is 1.36 bits per heavy atom. The Bertz CT molecular complexity index is 670. The largest absolute Gasteiger partial charge is 0.101 e. The van der Waals surface area contributed by atoms with Gasteiger partial charge in [-0.05, 0) is 57.0 Å². The summed E-state index contributed by atoms with van der Waals surface area (Å²) in [6.07, 6.45) is 0. The standard InChI is InChI=1S/2C10H10.C2H6/c1-3-6-10-8-5-4-7-9(10)2;1-3-5-10-7-4-6-9(2)8-10;1-2/h4-5,7-8H,1-2H3;4,6-8H,1-2H3;1-2H3. The van der Waals surface area contributed by atoms with Crippen LogP contribution in [0.25, 0.3) is 0 Å². The van der Waals surface area contributed by atoms with Crippen molar-refractivity contribution < 1.29 is 0 Å². The summed E-state index contributed by atoms with van der Waals surface area (Å²) in [5.74, 6) is 11.8. The highest BCUT2D eigenvalue weighted by Gasteiger charge is 1.88. The molecule has 0 heterocycles. The maximum absolute atomic E-state index is 3.03. The molecule has 0 unspecified atom stereocenters. The van der Waals surface area contributed by atoms with E-state index in [-0.39, 0.29) is 0 Å². The minimum Gasteiger partial charge on any atom is -0.101 e. The molecular formula is C22H26. The first-order valence-corrected chi connectivity index (χ1v) is 7.65. The molecule has 0 nitrogen and oxygen atoms in total. The second-order valence-corrected chi connectivity index (χ2v) is 4.43. The van der Waals surface area contributed by atoms with Gasteiger partial charge in [0.25, 0.3) is 0 Å². The van der Waals surface area contributed by atoms with Gasteiger partial charge in [-0.1, -0.05) is 56.0 Å². The second-order valence-electron chi connectivity index (χ2n) is 4.43. The molecule has 0 heteroatoms. The Morgan fingerprint density at radius 3 is 1.91 bits per heavy atom. The van der Waals surface area contributed by atoms with Crippen molar-refractivity contribution in [1.29, 1.82) is 0 Å². The van der Waals surface area contributed by atoms with Gasteiger partial charge in [0.15, 0.2) is 0 Å². The smallest absolute Gasteiger partial charge is 0.0274 e. The van der Waals surface area contributed by atoms with E-state index in [1.165, 1.54) is 11.1 Å². The van der Waals surface area contributed by atoms with Crippen LogP contribution in [0.4, 0.5) is 0 Å². The number of hydrogen-bond acceptors (Lipinski definition) is 0. The Balaban J connectivity index is 0.000000360. The van der Waals surface area contributed by atoms with Gasteiger partial charge in [-0.25, -0.2) is 0 Å². The number of rotatable bonds is 0. The third-order valence-corrected chi connectivity index (χ3v) is 2.69. The van der Waals surface area contributed by atoms with Crippen LogP contribution in [0, 0.1) is 37.5 Å². The van der Waals surface area contributed by atoms with Crippen LogP contribution in [0.2, 0.25) is 0 Å². The minimum absolute atomic E-state index is 1.10. The zero-order chi connectivity index (χ0) is 16.8. The van der Waals surface area contributed by atoms with E-state index < -0.39 is 0 Å². The highest BCUT2D eigenvalue weighted by Crippen LogP contribution is 2.03. The lowest BCUT2D eigenvalue weighted by Crippen LogP contribution is -1.78. The minimum atomic E-state index is 1.10. The second kappa shape index (κ2) is 12.3. The van der Waals surface area contributed by atoms with Gasteiger partial charge in [0, 0.05) is 11.1 Å². The van der Waals surface area contributed by atoms with E-state index in [1.807, 2.05) is 58.0 Å². The predicted octanol–water partition coefficient (Wildman–Crippen LogP) is 5.76. The first-order chi connectivity index (χ1) is 10.7. The topological polar surface area (TPSA) is 0 Å². The average molecular weight is 290 g/mol. The summed E-state index contributed by atoms with van der Waals surface area (Å²) in [6.45, 7) is 11.8. The van der Waals surface area contributed by atoms with Crippen molar-refractivity contribution in [2.45, 2.75) is 41.5 Å². The molecule has 0 aliphatic carbocycles. The molecule has 0 bridgehead atoms. The molecule has 0 aliphatic heterocycles. The van der Waals surface area contributed by atoms with E-state index in [1.54, 1.807) is 0 Å². The molecule has 2 aromatic rings. The first kappa shape index (κ1) is 19.6. The molecule has 114 valence electrons. The average Bonchev–Trinajstić information content (AvgIpc) is 2.53. The third kappa shape index (κ3) is 7.98. The molecule has 2 aromatic carbocycles. The molecule has 0 aromatic heterocycles. The fraction of sp³-hybridized carbons (Fsp3) is 0.273. The SMILES string of the molecule is CC.CC#Cc1cccc(C)c1.CC#Cc1ccccc1C.